The van der Waals surface area contributed by atoms with Crippen molar-refractivity contribution in [3.63, 3.8) is 0 Å². The fraction of sp³-hybridized carbons (Fsp3) is 0.318. The Hall–Kier alpha value is -3.19. The summed E-state index contributed by atoms with van der Waals surface area (Å²) in [5.41, 5.74) is 3.94. The smallest absolute Gasteiger partial charge is 0.155 e. The number of fused-ring (bicyclic) bond motifs is 1. The summed E-state index contributed by atoms with van der Waals surface area (Å²) in [5.74, 6) is 1.64. The Morgan fingerprint density at radius 1 is 0.931 bits per heavy atom. The van der Waals surface area contributed by atoms with Crippen LogP contribution in [0.3, 0.4) is 0 Å². The zero-order valence-electron chi connectivity index (χ0n) is 16.3. The highest BCUT2D eigenvalue weighted by molar-refractivity contribution is 5.95. The van der Waals surface area contributed by atoms with Crippen molar-refractivity contribution in [1.82, 2.24) is 30.3 Å². The number of benzene rings is 2. The lowest BCUT2D eigenvalue weighted by Gasteiger charge is -2.26. The number of hydrogen-bond acceptors (Lipinski definition) is 5. The molecule has 1 aliphatic rings. The third-order valence-electron chi connectivity index (χ3n) is 5.50. The van der Waals surface area contributed by atoms with Crippen molar-refractivity contribution in [2.45, 2.75) is 19.3 Å². The molecule has 3 heterocycles. The van der Waals surface area contributed by atoms with E-state index in [0.717, 1.165) is 52.4 Å². The molecular weight excluding hydrogens is 364 g/mol. The first-order chi connectivity index (χ1) is 14.4. The number of ether oxygens (including phenoxy) is 1. The molecule has 0 saturated carbocycles. The van der Waals surface area contributed by atoms with Crippen LogP contribution in [-0.4, -0.2) is 56.5 Å². The van der Waals surface area contributed by atoms with Gasteiger partial charge in [-0.15, -0.1) is 0 Å². The lowest BCUT2D eigenvalue weighted by molar-refractivity contribution is 0.183. The van der Waals surface area contributed by atoms with Gasteiger partial charge < -0.3 is 4.74 Å². The normalized spacial score (nSPS) is 15.0. The van der Waals surface area contributed by atoms with E-state index >= 15 is 0 Å². The Morgan fingerprint density at radius 2 is 1.76 bits per heavy atom. The third-order valence-corrected chi connectivity index (χ3v) is 5.50. The lowest BCUT2D eigenvalue weighted by Crippen LogP contribution is -2.33. The van der Waals surface area contributed by atoms with Crippen molar-refractivity contribution in [2.75, 3.05) is 26.2 Å². The molecule has 0 atom stereocenters. The van der Waals surface area contributed by atoms with E-state index in [2.05, 4.69) is 48.5 Å². The summed E-state index contributed by atoms with van der Waals surface area (Å²) in [6.07, 6.45) is 5.50. The first-order valence-corrected chi connectivity index (χ1v) is 10.2. The number of aromatic nitrogens is 5. The summed E-state index contributed by atoms with van der Waals surface area (Å²) in [6.45, 7) is 4.12. The van der Waals surface area contributed by atoms with Gasteiger partial charge in [-0.3, -0.25) is 15.1 Å². The SMILES string of the molecule is c1n[nH]c(-c2ccc3[nH]nc(-c4ccc(OCCN5CCCCC5)cc4)c3c2)n1. The highest BCUT2D eigenvalue weighted by Gasteiger charge is 2.12. The Morgan fingerprint density at radius 3 is 2.55 bits per heavy atom. The highest BCUT2D eigenvalue weighted by atomic mass is 16.5. The molecule has 29 heavy (non-hydrogen) atoms. The number of nitrogens with one attached hydrogen (secondary N) is 2. The van der Waals surface area contributed by atoms with Gasteiger partial charge >= 0.3 is 0 Å². The molecule has 2 N–H and O–H groups in total. The molecule has 1 aliphatic heterocycles. The van der Waals surface area contributed by atoms with Gasteiger partial charge in [0.05, 0.1) is 11.2 Å². The number of nitrogens with zero attached hydrogens (tertiary/aromatic N) is 4. The van der Waals surface area contributed by atoms with Crippen LogP contribution in [0.2, 0.25) is 0 Å². The van der Waals surface area contributed by atoms with Gasteiger partial charge in [0.15, 0.2) is 5.82 Å². The van der Waals surface area contributed by atoms with Gasteiger partial charge in [-0.2, -0.15) is 10.2 Å². The second-order valence-corrected chi connectivity index (χ2v) is 7.44. The van der Waals surface area contributed by atoms with Crippen LogP contribution in [0.5, 0.6) is 5.75 Å². The van der Waals surface area contributed by atoms with Gasteiger partial charge in [-0.1, -0.05) is 6.42 Å². The molecule has 0 unspecified atom stereocenters. The molecule has 2 aromatic carbocycles. The van der Waals surface area contributed by atoms with Crippen molar-refractivity contribution in [1.29, 1.82) is 0 Å². The molecule has 0 spiro atoms. The topological polar surface area (TPSA) is 82.7 Å². The molecule has 5 rings (SSSR count). The Balaban J connectivity index is 1.30. The van der Waals surface area contributed by atoms with E-state index in [4.69, 9.17) is 4.74 Å². The first-order valence-electron chi connectivity index (χ1n) is 10.2. The van der Waals surface area contributed by atoms with Crippen LogP contribution in [0, 0.1) is 0 Å². The van der Waals surface area contributed by atoms with Crippen molar-refractivity contribution < 1.29 is 4.74 Å². The number of rotatable bonds is 6. The van der Waals surface area contributed by atoms with Crippen LogP contribution in [0.1, 0.15) is 19.3 Å². The molecule has 7 nitrogen and oxygen atoms in total. The molecule has 148 valence electrons. The van der Waals surface area contributed by atoms with Crippen LogP contribution < -0.4 is 4.74 Å². The minimum Gasteiger partial charge on any atom is -0.492 e. The van der Waals surface area contributed by atoms with E-state index in [9.17, 15) is 0 Å². The maximum absolute atomic E-state index is 5.95. The number of hydrogen-bond donors (Lipinski definition) is 2. The summed E-state index contributed by atoms with van der Waals surface area (Å²) >= 11 is 0. The van der Waals surface area contributed by atoms with Gasteiger partial charge in [-0.25, -0.2) is 4.98 Å². The molecule has 0 bridgehead atoms. The summed E-state index contributed by atoms with van der Waals surface area (Å²) in [7, 11) is 0. The van der Waals surface area contributed by atoms with Gasteiger partial charge in [0.1, 0.15) is 18.7 Å². The molecule has 2 aromatic heterocycles. The molecule has 0 radical (unpaired) electrons. The minimum absolute atomic E-state index is 0.727. The molecule has 0 aliphatic carbocycles. The molecular formula is C22H24N6O. The van der Waals surface area contributed by atoms with E-state index in [1.807, 2.05) is 24.3 Å². The van der Waals surface area contributed by atoms with Crippen molar-refractivity contribution in [3.05, 3.63) is 48.8 Å². The number of H-pyrrole nitrogens is 2. The van der Waals surface area contributed by atoms with E-state index in [0.29, 0.717) is 0 Å². The van der Waals surface area contributed by atoms with Crippen molar-refractivity contribution in [2.24, 2.45) is 0 Å². The van der Waals surface area contributed by atoms with Gasteiger partial charge in [-0.05, 0) is 68.4 Å². The number of piperidine rings is 1. The fourth-order valence-corrected chi connectivity index (χ4v) is 3.91. The van der Waals surface area contributed by atoms with E-state index in [1.54, 1.807) is 0 Å². The van der Waals surface area contributed by atoms with Gasteiger partial charge in [0.25, 0.3) is 0 Å². The summed E-state index contributed by atoms with van der Waals surface area (Å²) in [6, 6.07) is 14.3. The summed E-state index contributed by atoms with van der Waals surface area (Å²) in [4.78, 5) is 6.72. The van der Waals surface area contributed by atoms with Crippen LogP contribution in [0.15, 0.2) is 48.8 Å². The van der Waals surface area contributed by atoms with Crippen molar-refractivity contribution in [3.8, 4) is 28.4 Å². The fourth-order valence-electron chi connectivity index (χ4n) is 3.91. The maximum atomic E-state index is 5.95. The second kappa shape index (κ2) is 8.05. The molecule has 4 aromatic rings. The third kappa shape index (κ3) is 3.86. The summed E-state index contributed by atoms with van der Waals surface area (Å²) < 4.78 is 5.95. The maximum Gasteiger partial charge on any atom is 0.155 e. The molecule has 7 heteroatoms. The van der Waals surface area contributed by atoms with Crippen LogP contribution in [0.25, 0.3) is 33.5 Å². The predicted octanol–water partition coefficient (Wildman–Crippen LogP) is 3.88. The summed E-state index contributed by atoms with van der Waals surface area (Å²) in [5, 5.41) is 15.5. The second-order valence-electron chi connectivity index (χ2n) is 7.44. The zero-order chi connectivity index (χ0) is 19.5. The van der Waals surface area contributed by atoms with Crippen LogP contribution in [0.4, 0.5) is 0 Å². The molecule has 1 saturated heterocycles. The lowest BCUT2D eigenvalue weighted by atomic mass is 10.1. The number of aromatic amines is 2. The van der Waals surface area contributed by atoms with Crippen LogP contribution >= 0.6 is 0 Å². The quantitative estimate of drug-likeness (QED) is 0.524. The minimum atomic E-state index is 0.727. The van der Waals surface area contributed by atoms with E-state index in [-0.39, 0.29) is 0 Å². The molecule has 0 amide bonds. The zero-order valence-corrected chi connectivity index (χ0v) is 16.3. The average Bonchev–Trinajstić information content (AvgIpc) is 3.45. The van der Waals surface area contributed by atoms with Crippen molar-refractivity contribution >= 4 is 10.9 Å². The standard InChI is InChI=1S/C22H24N6O/c1-2-10-28(11-3-1)12-13-29-18-7-4-16(5-8-18)21-19-14-17(22-23-15-24-27-22)6-9-20(19)25-26-21/h4-9,14-15H,1-3,10-13H2,(H,25,26)(H,23,24,27). The average molecular weight is 388 g/mol. The number of likely N-dealkylation sites (tertiary alicyclic amines) is 1. The van der Waals surface area contributed by atoms with Gasteiger partial charge in [0.2, 0.25) is 0 Å². The first kappa shape index (κ1) is 17.9. The largest absolute Gasteiger partial charge is 0.492 e. The van der Waals surface area contributed by atoms with E-state index in [1.165, 1.54) is 38.7 Å². The predicted molar refractivity (Wildman–Crippen MR) is 113 cm³/mol. The monoisotopic (exact) mass is 388 g/mol. The van der Waals surface area contributed by atoms with Gasteiger partial charge in [0, 0.05) is 23.1 Å². The van der Waals surface area contributed by atoms with Crippen LogP contribution in [-0.2, 0) is 0 Å². The van der Waals surface area contributed by atoms with E-state index < -0.39 is 0 Å². The Bertz CT molecular complexity index is 1060. The Kier molecular flexibility index (Phi) is 4.96. The molecule has 1 fully saturated rings. The highest BCUT2D eigenvalue weighted by Crippen LogP contribution is 2.30. The Labute approximate surface area is 169 Å².